The quantitative estimate of drug-likeness (QED) is 0.801. The summed E-state index contributed by atoms with van der Waals surface area (Å²) < 4.78 is 5.98. The number of carbonyl (C=O) groups excluding carboxylic acids is 1. The van der Waals surface area contributed by atoms with Crippen LogP contribution in [0.25, 0.3) is 0 Å². The Morgan fingerprint density at radius 2 is 2.12 bits per heavy atom. The predicted molar refractivity (Wildman–Crippen MR) is 95.1 cm³/mol. The van der Waals surface area contributed by atoms with Crippen LogP contribution in [-0.4, -0.2) is 43.6 Å². The van der Waals surface area contributed by atoms with Crippen LogP contribution in [0.2, 0.25) is 0 Å². The highest BCUT2D eigenvalue weighted by molar-refractivity contribution is 5.98. The average molecular weight is 330 g/mol. The minimum Gasteiger partial charge on any atom is -0.373 e. The largest absolute Gasteiger partial charge is 0.373 e. The Morgan fingerprint density at radius 1 is 1.38 bits per heavy atom. The van der Waals surface area contributed by atoms with Crippen molar-refractivity contribution in [2.75, 3.05) is 11.9 Å². The number of amidine groups is 1. The van der Waals surface area contributed by atoms with Gasteiger partial charge in [0.15, 0.2) is 0 Å². The molecule has 6 heteroatoms. The highest BCUT2D eigenvalue weighted by Gasteiger charge is 2.38. The van der Waals surface area contributed by atoms with Crippen molar-refractivity contribution in [2.24, 2.45) is 10.7 Å². The van der Waals surface area contributed by atoms with Crippen molar-refractivity contribution >= 4 is 17.9 Å². The lowest BCUT2D eigenvalue weighted by molar-refractivity contribution is -0.108. The van der Waals surface area contributed by atoms with Gasteiger partial charge in [0.25, 0.3) is 0 Å². The van der Waals surface area contributed by atoms with Gasteiger partial charge in [0.2, 0.25) is 6.41 Å². The number of likely N-dealkylation sites (N-methyl/N-ethyl adjacent to an activating group) is 1. The number of rotatable bonds is 5. The molecule has 0 aromatic heterocycles. The molecule has 1 fully saturated rings. The predicted octanol–water partition coefficient (Wildman–Crippen LogP) is 1.43. The first kappa shape index (κ1) is 16.9. The Bertz CT molecular complexity index is 602. The van der Waals surface area contributed by atoms with Crippen molar-refractivity contribution in [3.8, 4) is 0 Å². The van der Waals surface area contributed by atoms with E-state index >= 15 is 0 Å². The monoisotopic (exact) mass is 330 g/mol. The zero-order valence-corrected chi connectivity index (χ0v) is 14.3. The number of hydrogen-bond acceptors (Lipinski definition) is 5. The summed E-state index contributed by atoms with van der Waals surface area (Å²) in [6, 6.07) is 8.33. The number of nitrogens with zero attached hydrogens (tertiary/aromatic N) is 2. The van der Waals surface area contributed by atoms with E-state index in [0.29, 0.717) is 19.1 Å². The number of carbonyl (C=O) groups is 1. The van der Waals surface area contributed by atoms with Crippen LogP contribution in [0.5, 0.6) is 0 Å². The molecule has 0 spiro atoms. The van der Waals surface area contributed by atoms with Crippen molar-refractivity contribution in [1.29, 1.82) is 0 Å². The van der Waals surface area contributed by atoms with Gasteiger partial charge in [0.1, 0.15) is 5.84 Å². The van der Waals surface area contributed by atoms with E-state index in [0.717, 1.165) is 36.3 Å². The number of anilines is 1. The van der Waals surface area contributed by atoms with E-state index in [9.17, 15) is 4.79 Å². The van der Waals surface area contributed by atoms with Crippen LogP contribution < -0.4 is 16.0 Å². The molecular formula is C18H26N4O2. The molecule has 0 aliphatic carbocycles. The minimum atomic E-state index is 0.0448. The van der Waals surface area contributed by atoms with E-state index in [2.05, 4.69) is 29.3 Å². The highest BCUT2D eigenvalue weighted by Crippen LogP contribution is 2.31. The van der Waals surface area contributed by atoms with E-state index in [1.54, 1.807) is 0 Å². The molecule has 2 aliphatic rings. The lowest BCUT2D eigenvalue weighted by atomic mass is 10.0. The summed E-state index contributed by atoms with van der Waals surface area (Å²) in [6.45, 7) is 2.64. The van der Waals surface area contributed by atoms with Crippen LogP contribution in [0.4, 0.5) is 5.69 Å². The second kappa shape index (κ2) is 7.32. The van der Waals surface area contributed by atoms with Crippen molar-refractivity contribution in [1.82, 2.24) is 5.32 Å². The third-order valence-electron chi connectivity index (χ3n) is 5.03. The Morgan fingerprint density at radius 3 is 2.71 bits per heavy atom. The fourth-order valence-corrected chi connectivity index (χ4v) is 3.59. The molecule has 3 unspecified atom stereocenters. The van der Waals surface area contributed by atoms with Gasteiger partial charge in [-0.25, -0.2) is 0 Å². The molecular weight excluding hydrogens is 304 g/mol. The molecule has 1 saturated heterocycles. The molecule has 0 radical (unpaired) electrons. The topological polar surface area (TPSA) is 80.0 Å². The molecule has 1 aromatic carbocycles. The van der Waals surface area contributed by atoms with E-state index in [4.69, 9.17) is 15.5 Å². The minimum absolute atomic E-state index is 0.0448. The zero-order chi connectivity index (χ0) is 17.1. The smallest absolute Gasteiger partial charge is 0.212 e. The molecule has 2 aliphatic heterocycles. The van der Waals surface area contributed by atoms with Crippen LogP contribution >= 0.6 is 0 Å². The lowest BCUT2D eigenvalue weighted by Crippen LogP contribution is -2.43. The first-order chi connectivity index (χ1) is 11.6. The Hall–Kier alpha value is -1.92. The summed E-state index contributed by atoms with van der Waals surface area (Å²) in [5.74, 6) is 0.726. The molecule has 3 N–H and O–H groups in total. The first-order valence-electron chi connectivity index (χ1n) is 8.57. The van der Waals surface area contributed by atoms with Gasteiger partial charge in [-0.2, -0.15) is 0 Å². The first-order valence-corrected chi connectivity index (χ1v) is 8.57. The summed E-state index contributed by atoms with van der Waals surface area (Å²) in [6.07, 6.45) is 4.12. The van der Waals surface area contributed by atoms with Crippen LogP contribution in [0.15, 0.2) is 29.3 Å². The third kappa shape index (κ3) is 3.44. The summed E-state index contributed by atoms with van der Waals surface area (Å²) in [4.78, 5) is 17.9. The van der Waals surface area contributed by atoms with Crippen LogP contribution in [-0.2, 0) is 16.1 Å². The zero-order valence-electron chi connectivity index (χ0n) is 14.3. The number of ether oxygens (including phenoxy) is 1. The second-order valence-electron chi connectivity index (χ2n) is 6.64. The van der Waals surface area contributed by atoms with E-state index in [1.807, 2.05) is 19.2 Å². The third-order valence-corrected chi connectivity index (χ3v) is 5.03. The van der Waals surface area contributed by atoms with Gasteiger partial charge in [0, 0.05) is 19.3 Å². The van der Waals surface area contributed by atoms with E-state index in [-0.39, 0.29) is 18.2 Å². The van der Waals surface area contributed by atoms with Crippen molar-refractivity contribution in [3.63, 3.8) is 0 Å². The molecule has 24 heavy (non-hydrogen) atoms. The fourth-order valence-electron chi connectivity index (χ4n) is 3.59. The van der Waals surface area contributed by atoms with Crippen LogP contribution in [0, 0.1) is 0 Å². The molecule has 4 atom stereocenters. The molecule has 3 rings (SSSR count). The van der Waals surface area contributed by atoms with Gasteiger partial charge in [-0.1, -0.05) is 12.1 Å². The number of aliphatic imine (C=N–C) groups is 1. The maximum atomic E-state index is 11.0. The molecule has 130 valence electrons. The SMILES string of the molecule is C[C@@H]1CCC(C2CC(N(C)c3ccc(CN)cc3)C(NC=O)=N2)O1. The number of amides is 1. The van der Waals surface area contributed by atoms with Crippen molar-refractivity contribution < 1.29 is 9.53 Å². The molecule has 0 saturated carbocycles. The molecule has 1 amide bonds. The van der Waals surface area contributed by atoms with Crippen molar-refractivity contribution in [3.05, 3.63) is 29.8 Å². The van der Waals surface area contributed by atoms with Gasteiger partial charge in [-0.15, -0.1) is 0 Å². The Balaban J connectivity index is 1.75. The van der Waals surface area contributed by atoms with Gasteiger partial charge in [-0.3, -0.25) is 9.79 Å². The number of nitrogens with two attached hydrogens (primary N) is 1. The normalized spacial score (nSPS) is 29.4. The summed E-state index contributed by atoms with van der Waals surface area (Å²) in [5.41, 5.74) is 7.85. The van der Waals surface area contributed by atoms with Crippen LogP contribution in [0.1, 0.15) is 31.7 Å². The summed E-state index contributed by atoms with van der Waals surface area (Å²) in [7, 11) is 2.03. The molecule has 0 bridgehead atoms. The average Bonchev–Trinajstić information content (AvgIpc) is 3.21. The van der Waals surface area contributed by atoms with Gasteiger partial charge >= 0.3 is 0 Å². The van der Waals surface area contributed by atoms with Gasteiger partial charge in [-0.05, 0) is 43.9 Å². The molecule has 6 nitrogen and oxygen atoms in total. The Kier molecular flexibility index (Phi) is 5.16. The van der Waals surface area contributed by atoms with E-state index in [1.165, 1.54) is 0 Å². The van der Waals surface area contributed by atoms with Gasteiger partial charge < -0.3 is 20.7 Å². The highest BCUT2D eigenvalue weighted by atomic mass is 16.5. The lowest BCUT2D eigenvalue weighted by Gasteiger charge is -2.28. The summed E-state index contributed by atoms with van der Waals surface area (Å²) >= 11 is 0. The maximum absolute atomic E-state index is 11.0. The van der Waals surface area contributed by atoms with E-state index < -0.39 is 0 Å². The second-order valence-corrected chi connectivity index (χ2v) is 6.64. The Labute approximate surface area is 143 Å². The maximum Gasteiger partial charge on any atom is 0.212 e. The molecule has 2 heterocycles. The summed E-state index contributed by atoms with van der Waals surface area (Å²) in [5, 5.41) is 2.78. The standard InChI is InChI=1S/C18H26N4O2/c1-12-3-8-17(24-12)15-9-16(18(21-15)20-11-23)22(2)14-6-4-13(10-19)5-7-14/h4-7,11-12,15-17H,3,8-10,19H2,1-2H3,(H,20,21,23)/t12-,15?,16?,17?/m1/s1. The van der Waals surface area contributed by atoms with Crippen molar-refractivity contribution in [2.45, 2.75) is 57.0 Å². The van der Waals surface area contributed by atoms with Gasteiger partial charge in [0.05, 0.1) is 24.3 Å². The number of nitrogens with one attached hydrogen (secondary N) is 1. The van der Waals surface area contributed by atoms with Crippen LogP contribution in [0.3, 0.4) is 0 Å². The number of hydrogen-bond donors (Lipinski definition) is 2. The fraction of sp³-hybridized carbons (Fsp3) is 0.556. The number of benzene rings is 1. The molecule has 1 aromatic rings.